The molecule has 0 saturated heterocycles. The highest BCUT2D eigenvalue weighted by Gasteiger charge is 2.16. The summed E-state index contributed by atoms with van der Waals surface area (Å²) in [5.74, 6) is 0.0267. The van der Waals surface area contributed by atoms with Crippen molar-refractivity contribution >= 4 is 33.3 Å². The number of fused-ring (bicyclic) bond motifs is 1. The Hall–Kier alpha value is -1.56. The first kappa shape index (κ1) is 10.9. The van der Waals surface area contributed by atoms with Crippen molar-refractivity contribution in [3.8, 4) is 0 Å². The topological polar surface area (TPSA) is 72.4 Å². The Balaban J connectivity index is 2.60. The van der Waals surface area contributed by atoms with Crippen LogP contribution in [0.3, 0.4) is 0 Å². The molecule has 0 aliphatic carbocycles. The Morgan fingerprint density at radius 2 is 2.44 bits per heavy atom. The van der Waals surface area contributed by atoms with Gasteiger partial charge in [0.25, 0.3) is 5.91 Å². The molecule has 84 valence electrons. The van der Waals surface area contributed by atoms with Crippen molar-refractivity contribution in [1.82, 2.24) is 14.7 Å². The first-order valence-corrected chi connectivity index (χ1v) is 5.64. The molecule has 0 atom stereocenters. The molecule has 2 rings (SSSR count). The number of aromatic nitrogens is 2. The second-order valence-corrected chi connectivity index (χ2v) is 4.19. The van der Waals surface area contributed by atoms with Crippen LogP contribution in [0.2, 0.25) is 0 Å². The molecule has 0 aromatic carbocycles. The summed E-state index contributed by atoms with van der Waals surface area (Å²) in [7, 11) is 0. The maximum atomic E-state index is 11.8. The van der Waals surface area contributed by atoms with Crippen LogP contribution in [0.15, 0.2) is 22.8 Å². The van der Waals surface area contributed by atoms with E-state index in [0.717, 1.165) is 4.47 Å². The van der Waals surface area contributed by atoms with Gasteiger partial charge in [-0.05, 0) is 19.1 Å². The standard InChI is InChI=1S/C10H11BrN4O/c1-2-13-10(16)8-9(12)14-7-5-6(11)3-4-15(7)8/h3-5H,2,12H2,1H3,(H,13,16). The van der Waals surface area contributed by atoms with Crippen molar-refractivity contribution in [3.63, 3.8) is 0 Å². The second-order valence-electron chi connectivity index (χ2n) is 3.28. The van der Waals surface area contributed by atoms with Crippen LogP contribution in [-0.4, -0.2) is 21.8 Å². The van der Waals surface area contributed by atoms with E-state index in [4.69, 9.17) is 5.73 Å². The molecule has 2 heterocycles. The van der Waals surface area contributed by atoms with Gasteiger partial charge in [-0.3, -0.25) is 9.20 Å². The lowest BCUT2D eigenvalue weighted by atomic mass is 10.4. The Labute approximate surface area is 101 Å². The number of anilines is 1. The summed E-state index contributed by atoms with van der Waals surface area (Å²) in [6.07, 6.45) is 1.76. The fraction of sp³-hybridized carbons (Fsp3) is 0.200. The molecule has 16 heavy (non-hydrogen) atoms. The number of amides is 1. The van der Waals surface area contributed by atoms with E-state index in [-0.39, 0.29) is 11.7 Å². The monoisotopic (exact) mass is 282 g/mol. The minimum absolute atomic E-state index is 0.213. The lowest BCUT2D eigenvalue weighted by molar-refractivity contribution is 0.0951. The Morgan fingerprint density at radius 3 is 3.12 bits per heavy atom. The average molecular weight is 283 g/mol. The van der Waals surface area contributed by atoms with E-state index in [0.29, 0.717) is 17.9 Å². The molecule has 1 amide bonds. The third kappa shape index (κ3) is 1.76. The number of nitrogens with one attached hydrogen (secondary N) is 1. The van der Waals surface area contributed by atoms with Crippen LogP contribution in [0.4, 0.5) is 5.82 Å². The maximum absolute atomic E-state index is 11.8. The van der Waals surface area contributed by atoms with E-state index < -0.39 is 0 Å². The summed E-state index contributed by atoms with van der Waals surface area (Å²) >= 11 is 3.34. The van der Waals surface area contributed by atoms with Crippen molar-refractivity contribution in [2.45, 2.75) is 6.92 Å². The lowest BCUT2D eigenvalue weighted by Gasteiger charge is -2.02. The van der Waals surface area contributed by atoms with E-state index in [1.807, 2.05) is 13.0 Å². The van der Waals surface area contributed by atoms with E-state index >= 15 is 0 Å². The molecule has 0 spiro atoms. The Kier molecular flexibility index (Phi) is 2.82. The number of nitrogens with zero attached hydrogens (tertiary/aromatic N) is 2. The highest BCUT2D eigenvalue weighted by molar-refractivity contribution is 9.10. The SMILES string of the molecule is CCNC(=O)c1c(N)nc2cc(Br)ccn12. The summed E-state index contributed by atoms with van der Waals surface area (Å²) in [6.45, 7) is 2.41. The minimum Gasteiger partial charge on any atom is -0.382 e. The van der Waals surface area contributed by atoms with Crippen LogP contribution in [0.25, 0.3) is 5.65 Å². The van der Waals surface area contributed by atoms with E-state index in [2.05, 4.69) is 26.2 Å². The van der Waals surface area contributed by atoms with Crippen LogP contribution < -0.4 is 11.1 Å². The van der Waals surface area contributed by atoms with Gasteiger partial charge < -0.3 is 11.1 Å². The van der Waals surface area contributed by atoms with Crippen LogP contribution in [-0.2, 0) is 0 Å². The molecule has 6 heteroatoms. The molecule has 0 unspecified atom stereocenters. The molecule has 2 aromatic rings. The third-order valence-corrected chi connectivity index (χ3v) is 2.66. The molecule has 0 saturated carbocycles. The van der Waals surface area contributed by atoms with Crippen molar-refractivity contribution in [2.24, 2.45) is 0 Å². The molecule has 0 radical (unpaired) electrons. The number of carbonyl (C=O) groups excluding carboxylic acids is 1. The smallest absolute Gasteiger partial charge is 0.272 e. The molecule has 0 fully saturated rings. The highest BCUT2D eigenvalue weighted by atomic mass is 79.9. The van der Waals surface area contributed by atoms with Crippen molar-refractivity contribution in [3.05, 3.63) is 28.5 Å². The molecule has 2 aromatic heterocycles. The number of pyridine rings is 1. The number of nitrogen functional groups attached to an aromatic ring is 1. The molecular weight excluding hydrogens is 272 g/mol. The van der Waals surface area contributed by atoms with Gasteiger partial charge in [-0.1, -0.05) is 15.9 Å². The zero-order valence-electron chi connectivity index (χ0n) is 8.70. The molecule has 3 N–H and O–H groups in total. The van der Waals surface area contributed by atoms with Gasteiger partial charge in [0.05, 0.1) is 0 Å². The Bertz CT molecular complexity index is 549. The summed E-state index contributed by atoms with van der Waals surface area (Å²) in [4.78, 5) is 15.9. The van der Waals surface area contributed by atoms with E-state index in [1.165, 1.54) is 0 Å². The van der Waals surface area contributed by atoms with Gasteiger partial charge in [-0.2, -0.15) is 0 Å². The third-order valence-electron chi connectivity index (χ3n) is 2.17. The first-order valence-electron chi connectivity index (χ1n) is 4.84. The second kappa shape index (κ2) is 4.13. The van der Waals surface area contributed by atoms with Gasteiger partial charge in [0.2, 0.25) is 0 Å². The van der Waals surface area contributed by atoms with Crippen LogP contribution in [0, 0.1) is 0 Å². The molecule has 5 nitrogen and oxygen atoms in total. The van der Waals surface area contributed by atoms with Gasteiger partial charge in [0, 0.05) is 17.2 Å². The molecule has 0 bridgehead atoms. The molecule has 0 aliphatic rings. The maximum Gasteiger partial charge on any atom is 0.272 e. The van der Waals surface area contributed by atoms with Crippen LogP contribution in [0.5, 0.6) is 0 Å². The zero-order chi connectivity index (χ0) is 11.7. The number of carbonyl (C=O) groups is 1. The van der Waals surface area contributed by atoms with Crippen LogP contribution in [0.1, 0.15) is 17.4 Å². The fourth-order valence-corrected chi connectivity index (χ4v) is 1.83. The van der Waals surface area contributed by atoms with Gasteiger partial charge in [-0.25, -0.2) is 4.98 Å². The predicted octanol–water partition coefficient (Wildman–Crippen LogP) is 1.43. The molecular formula is C10H11BrN4O. The number of rotatable bonds is 2. The fourth-order valence-electron chi connectivity index (χ4n) is 1.51. The zero-order valence-corrected chi connectivity index (χ0v) is 10.3. The summed E-state index contributed by atoms with van der Waals surface area (Å²) in [5.41, 5.74) is 6.75. The quantitative estimate of drug-likeness (QED) is 0.875. The number of nitrogens with two attached hydrogens (primary N) is 1. The number of hydrogen-bond donors (Lipinski definition) is 2. The normalized spacial score (nSPS) is 10.6. The number of imidazole rings is 1. The van der Waals surface area contributed by atoms with E-state index in [1.54, 1.807) is 16.7 Å². The van der Waals surface area contributed by atoms with Crippen molar-refractivity contribution in [1.29, 1.82) is 0 Å². The number of hydrogen-bond acceptors (Lipinski definition) is 3. The van der Waals surface area contributed by atoms with Gasteiger partial charge in [0.1, 0.15) is 5.65 Å². The predicted molar refractivity (Wildman–Crippen MR) is 65.3 cm³/mol. The lowest BCUT2D eigenvalue weighted by Crippen LogP contribution is -2.25. The summed E-state index contributed by atoms with van der Waals surface area (Å²) in [6, 6.07) is 3.63. The number of halogens is 1. The highest BCUT2D eigenvalue weighted by Crippen LogP contribution is 2.18. The summed E-state index contributed by atoms with van der Waals surface area (Å²) in [5, 5.41) is 2.70. The van der Waals surface area contributed by atoms with Crippen molar-refractivity contribution in [2.75, 3.05) is 12.3 Å². The van der Waals surface area contributed by atoms with Crippen LogP contribution >= 0.6 is 15.9 Å². The van der Waals surface area contributed by atoms with E-state index in [9.17, 15) is 4.79 Å². The summed E-state index contributed by atoms with van der Waals surface area (Å²) < 4.78 is 2.57. The Morgan fingerprint density at radius 1 is 1.69 bits per heavy atom. The largest absolute Gasteiger partial charge is 0.382 e. The molecule has 0 aliphatic heterocycles. The minimum atomic E-state index is -0.213. The van der Waals surface area contributed by atoms with Gasteiger partial charge in [0.15, 0.2) is 11.5 Å². The van der Waals surface area contributed by atoms with Crippen molar-refractivity contribution < 1.29 is 4.79 Å². The van der Waals surface area contributed by atoms with Gasteiger partial charge >= 0.3 is 0 Å². The van der Waals surface area contributed by atoms with Gasteiger partial charge in [-0.15, -0.1) is 0 Å². The average Bonchev–Trinajstić information content (AvgIpc) is 2.53. The first-order chi connectivity index (χ1) is 7.63.